The maximum atomic E-state index is 12.8. The van der Waals surface area contributed by atoms with Crippen LogP contribution in [0.2, 0.25) is 0 Å². The van der Waals surface area contributed by atoms with E-state index < -0.39 is 5.63 Å². The molecular formula is C39H40N4O3. The molecule has 234 valence electrons. The molecule has 7 heteroatoms. The minimum absolute atomic E-state index is 0.00964. The van der Waals surface area contributed by atoms with Crippen molar-refractivity contribution < 1.29 is 9.15 Å². The van der Waals surface area contributed by atoms with E-state index in [4.69, 9.17) is 9.15 Å². The predicted molar refractivity (Wildman–Crippen MR) is 184 cm³/mol. The fourth-order valence-electron chi connectivity index (χ4n) is 6.68. The summed E-state index contributed by atoms with van der Waals surface area (Å²) < 4.78 is 11.9. The van der Waals surface area contributed by atoms with Gasteiger partial charge in [0.1, 0.15) is 34.8 Å². The van der Waals surface area contributed by atoms with Gasteiger partial charge in [-0.25, -0.2) is 4.79 Å². The van der Waals surface area contributed by atoms with Gasteiger partial charge in [-0.2, -0.15) is 10.5 Å². The summed E-state index contributed by atoms with van der Waals surface area (Å²) in [5, 5.41) is 20.1. The molecule has 1 aromatic heterocycles. The molecule has 4 heterocycles. The first kappa shape index (κ1) is 31.0. The Balaban J connectivity index is 1.29. The fourth-order valence-corrected chi connectivity index (χ4v) is 6.68. The van der Waals surface area contributed by atoms with Crippen LogP contribution in [0.1, 0.15) is 69.2 Å². The second-order valence-corrected chi connectivity index (χ2v) is 14.0. The minimum Gasteiger partial charge on any atom is -0.462 e. The van der Waals surface area contributed by atoms with Crippen LogP contribution in [0.3, 0.4) is 0 Å². The van der Waals surface area contributed by atoms with Gasteiger partial charge in [0.25, 0.3) is 0 Å². The first-order valence-electron chi connectivity index (χ1n) is 15.9. The van der Waals surface area contributed by atoms with Crippen LogP contribution in [-0.2, 0) is 22.0 Å². The van der Waals surface area contributed by atoms with Gasteiger partial charge >= 0.3 is 5.63 Å². The molecule has 0 saturated heterocycles. The molecule has 3 aliphatic heterocycles. The second-order valence-electron chi connectivity index (χ2n) is 14.0. The number of anilines is 2. The van der Waals surface area contributed by atoms with E-state index in [1.165, 1.54) is 22.4 Å². The zero-order valence-electron chi connectivity index (χ0n) is 27.5. The van der Waals surface area contributed by atoms with Crippen LogP contribution in [0.4, 0.5) is 11.4 Å². The molecule has 0 fully saturated rings. The van der Waals surface area contributed by atoms with Gasteiger partial charge in [0.05, 0.1) is 5.56 Å². The van der Waals surface area contributed by atoms with Crippen LogP contribution in [0.15, 0.2) is 86.5 Å². The van der Waals surface area contributed by atoms with Crippen LogP contribution >= 0.6 is 0 Å². The van der Waals surface area contributed by atoms with Crippen molar-refractivity contribution in [2.45, 2.75) is 64.2 Å². The lowest BCUT2D eigenvalue weighted by Crippen LogP contribution is -2.44. The van der Waals surface area contributed by atoms with E-state index in [0.717, 1.165) is 43.4 Å². The Hall–Kier alpha value is -5.01. The number of nitrogens with zero attached hydrogens (tertiary/aromatic N) is 4. The molecule has 0 N–H and O–H groups in total. The molecule has 0 amide bonds. The van der Waals surface area contributed by atoms with Crippen molar-refractivity contribution in [3.05, 3.63) is 110 Å². The van der Waals surface area contributed by atoms with E-state index in [9.17, 15) is 15.3 Å². The second kappa shape index (κ2) is 11.7. The third-order valence-electron chi connectivity index (χ3n) is 9.68. The lowest BCUT2D eigenvalue weighted by atomic mass is 9.69. The molecular weight excluding hydrogens is 572 g/mol. The fraction of sp³-hybridized carbons (Fsp3) is 0.359. The van der Waals surface area contributed by atoms with Gasteiger partial charge in [-0.3, -0.25) is 0 Å². The lowest BCUT2D eigenvalue weighted by Gasteiger charge is -2.48. The molecule has 0 radical (unpaired) electrons. The Kier molecular flexibility index (Phi) is 7.90. The van der Waals surface area contributed by atoms with Crippen LogP contribution in [0.5, 0.6) is 0 Å². The Bertz CT molecular complexity index is 1950. The average molecular weight is 613 g/mol. The molecule has 6 rings (SSSR count). The maximum absolute atomic E-state index is 12.8. The third kappa shape index (κ3) is 5.86. The van der Waals surface area contributed by atoms with E-state index in [-0.39, 0.29) is 16.4 Å². The summed E-state index contributed by atoms with van der Waals surface area (Å²) in [7, 11) is 3.86. The monoisotopic (exact) mass is 612 g/mol. The van der Waals surface area contributed by atoms with Crippen LogP contribution < -0.4 is 15.4 Å². The summed E-state index contributed by atoms with van der Waals surface area (Å²) in [6.07, 6.45) is 10.4. The summed E-state index contributed by atoms with van der Waals surface area (Å²) in [4.78, 5) is 17.4. The van der Waals surface area contributed by atoms with Crippen LogP contribution in [0.25, 0.3) is 17.0 Å². The van der Waals surface area contributed by atoms with E-state index in [1.54, 1.807) is 30.4 Å². The zero-order valence-corrected chi connectivity index (χ0v) is 27.5. The molecule has 0 bridgehead atoms. The molecule has 7 nitrogen and oxygen atoms in total. The summed E-state index contributed by atoms with van der Waals surface area (Å²) >= 11 is 0. The topological polar surface area (TPSA) is 93.5 Å². The van der Waals surface area contributed by atoms with Gasteiger partial charge in [0.2, 0.25) is 0 Å². The van der Waals surface area contributed by atoms with Crippen molar-refractivity contribution in [3.8, 4) is 12.1 Å². The normalized spacial score (nSPS) is 17.8. The van der Waals surface area contributed by atoms with Gasteiger partial charge in [-0.05, 0) is 89.3 Å². The molecule has 3 aliphatic rings. The number of benzene rings is 2. The smallest absolute Gasteiger partial charge is 0.343 e. The number of fused-ring (bicyclic) bond motifs is 1. The Morgan fingerprint density at radius 1 is 0.935 bits per heavy atom. The Morgan fingerprint density at radius 2 is 1.61 bits per heavy atom. The van der Waals surface area contributed by atoms with Crippen molar-refractivity contribution in [2.24, 2.45) is 0 Å². The van der Waals surface area contributed by atoms with Crippen LogP contribution in [0, 0.1) is 22.7 Å². The highest BCUT2D eigenvalue weighted by molar-refractivity contribution is 5.82. The molecule has 2 aromatic carbocycles. The summed E-state index contributed by atoms with van der Waals surface area (Å²) in [5.41, 5.74) is 7.59. The highest BCUT2D eigenvalue weighted by Crippen LogP contribution is 2.49. The third-order valence-corrected chi connectivity index (χ3v) is 9.68. The molecule has 0 spiro atoms. The van der Waals surface area contributed by atoms with Crippen LogP contribution in [-0.4, -0.2) is 27.2 Å². The summed E-state index contributed by atoms with van der Waals surface area (Å²) in [6, 6.07) is 16.3. The van der Waals surface area contributed by atoms with Crippen molar-refractivity contribution >= 4 is 28.4 Å². The summed E-state index contributed by atoms with van der Waals surface area (Å²) in [5.74, 6) is 1.10. The van der Waals surface area contributed by atoms with E-state index in [1.807, 2.05) is 49.3 Å². The SMILES string of the molecule is CN(C)c1ccc2cc(/C=C/C3=CC(=C(C#N)C#N)C=C(CCc4cc5c6c(c4)C(C)(C)CCN6CCC5(C)C)O3)c(=O)oc2c1. The molecule has 3 aromatic rings. The van der Waals surface area contributed by atoms with Crippen molar-refractivity contribution in [3.63, 3.8) is 0 Å². The number of rotatable bonds is 6. The standard InChI is InChI=1S/C39H40N4O3/c1-38(2)13-15-43-16-14-39(3,4)34-18-25(17-33(38)36(34)43)7-11-31-20-28(29(23-40)24-41)21-32(45-31)12-9-27-19-26-8-10-30(42(5)6)22-35(26)46-37(27)44/h8-10,12,17-22H,7,11,13-16H2,1-6H3/b12-9+. The number of nitriles is 2. The highest BCUT2D eigenvalue weighted by Gasteiger charge is 2.40. The van der Waals surface area contributed by atoms with Crippen molar-refractivity contribution in [1.82, 2.24) is 0 Å². The van der Waals surface area contributed by atoms with Crippen molar-refractivity contribution in [1.29, 1.82) is 10.5 Å². The number of hydrogen-bond acceptors (Lipinski definition) is 7. The molecule has 0 atom stereocenters. The number of allylic oxidation sites excluding steroid dienone is 6. The molecule has 0 saturated carbocycles. The first-order chi connectivity index (χ1) is 21.9. The Morgan fingerprint density at radius 3 is 2.24 bits per heavy atom. The van der Waals surface area contributed by atoms with Gasteiger partial charge < -0.3 is 19.0 Å². The van der Waals surface area contributed by atoms with Gasteiger partial charge in [0, 0.05) is 62.0 Å². The zero-order chi connectivity index (χ0) is 32.8. The lowest BCUT2D eigenvalue weighted by molar-refractivity contribution is 0.300. The van der Waals surface area contributed by atoms with E-state index in [2.05, 4.69) is 44.7 Å². The summed E-state index contributed by atoms with van der Waals surface area (Å²) in [6.45, 7) is 11.6. The van der Waals surface area contributed by atoms with Crippen molar-refractivity contribution in [2.75, 3.05) is 37.0 Å². The minimum atomic E-state index is -0.460. The van der Waals surface area contributed by atoms with E-state index in [0.29, 0.717) is 34.7 Å². The Labute approximate surface area is 271 Å². The quantitative estimate of drug-likeness (QED) is 0.207. The predicted octanol–water partition coefficient (Wildman–Crippen LogP) is 7.82. The van der Waals surface area contributed by atoms with E-state index >= 15 is 0 Å². The molecule has 0 unspecified atom stereocenters. The number of hydrogen-bond donors (Lipinski definition) is 0. The van der Waals surface area contributed by atoms with Gasteiger partial charge in [-0.1, -0.05) is 39.8 Å². The average Bonchev–Trinajstić information content (AvgIpc) is 3.02. The molecule has 0 aliphatic carbocycles. The van der Waals surface area contributed by atoms with Gasteiger partial charge in [0.15, 0.2) is 0 Å². The number of aryl methyl sites for hydroxylation is 1. The molecule has 46 heavy (non-hydrogen) atoms. The maximum Gasteiger partial charge on any atom is 0.343 e. The van der Waals surface area contributed by atoms with Gasteiger partial charge in [-0.15, -0.1) is 0 Å². The number of ether oxygens (including phenoxy) is 1. The highest BCUT2D eigenvalue weighted by atomic mass is 16.5. The largest absolute Gasteiger partial charge is 0.462 e. The first-order valence-corrected chi connectivity index (χ1v) is 15.9.